The van der Waals surface area contributed by atoms with E-state index in [0.717, 1.165) is 30.6 Å². The lowest BCUT2D eigenvalue weighted by molar-refractivity contribution is 0.192. The number of aromatic nitrogens is 5. The van der Waals surface area contributed by atoms with Crippen molar-refractivity contribution in [3.63, 3.8) is 0 Å². The van der Waals surface area contributed by atoms with Gasteiger partial charge in [0.05, 0.1) is 13.1 Å². The Labute approximate surface area is 140 Å². The van der Waals surface area contributed by atoms with Crippen molar-refractivity contribution in [2.45, 2.75) is 38.9 Å². The summed E-state index contributed by atoms with van der Waals surface area (Å²) in [5.74, 6) is 1.33. The number of hydrogen-bond donors (Lipinski definition) is 0. The molecule has 0 saturated carbocycles. The standard InChI is InChI=1S/C17H20N6O/c1-13-5-2-3-7-15(13)17-20-16(24-21-17)10-22-8-4-6-14(22)9-23-12-18-11-19-23/h2-3,5,7,11-12,14H,4,6,8-10H2,1H3/t14-/m1/s1. The molecule has 2 aromatic heterocycles. The minimum absolute atomic E-state index is 0.431. The van der Waals surface area contributed by atoms with Gasteiger partial charge in [-0.05, 0) is 31.9 Å². The van der Waals surface area contributed by atoms with E-state index in [4.69, 9.17) is 4.52 Å². The van der Waals surface area contributed by atoms with E-state index in [-0.39, 0.29) is 0 Å². The Hall–Kier alpha value is -2.54. The summed E-state index contributed by atoms with van der Waals surface area (Å²) in [6.07, 6.45) is 5.67. The molecule has 1 aliphatic rings. The van der Waals surface area contributed by atoms with Crippen molar-refractivity contribution in [1.29, 1.82) is 0 Å². The number of hydrogen-bond acceptors (Lipinski definition) is 6. The molecule has 1 aliphatic heterocycles. The fourth-order valence-electron chi connectivity index (χ4n) is 3.28. The molecule has 7 nitrogen and oxygen atoms in total. The van der Waals surface area contributed by atoms with Crippen molar-refractivity contribution in [3.8, 4) is 11.4 Å². The zero-order chi connectivity index (χ0) is 16.4. The molecule has 0 amide bonds. The topological polar surface area (TPSA) is 72.9 Å². The minimum atomic E-state index is 0.431. The van der Waals surface area contributed by atoms with Crippen LogP contribution >= 0.6 is 0 Å². The van der Waals surface area contributed by atoms with Crippen LogP contribution < -0.4 is 0 Å². The van der Waals surface area contributed by atoms with Gasteiger partial charge in [-0.15, -0.1) is 0 Å². The Balaban J connectivity index is 1.46. The number of rotatable bonds is 5. The maximum absolute atomic E-state index is 5.48. The third-order valence-corrected chi connectivity index (χ3v) is 4.56. The Morgan fingerprint density at radius 3 is 3.04 bits per heavy atom. The lowest BCUT2D eigenvalue weighted by Crippen LogP contribution is -2.32. The van der Waals surface area contributed by atoms with Crippen LogP contribution in [0.1, 0.15) is 24.3 Å². The maximum Gasteiger partial charge on any atom is 0.241 e. The zero-order valence-electron chi connectivity index (χ0n) is 13.7. The van der Waals surface area contributed by atoms with Gasteiger partial charge in [0, 0.05) is 11.6 Å². The van der Waals surface area contributed by atoms with Gasteiger partial charge in [-0.1, -0.05) is 29.4 Å². The second-order valence-corrected chi connectivity index (χ2v) is 6.21. The average molecular weight is 324 g/mol. The Bertz CT molecular complexity index is 797. The highest BCUT2D eigenvalue weighted by molar-refractivity contribution is 5.58. The van der Waals surface area contributed by atoms with Crippen molar-refractivity contribution in [2.75, 3.05) is 6.54 Å². The molecule has 1 atom stereocenters. The highest BCUT2D eigenvalue weighted by Crippen LogP contribution is 2.23. The summed E-state index contributed by atoms with van der Waals surface area (Å²) in [7, 11) is 0. The summed E-state index contributed by atoms with van der Waals surface area (Å²) >= 11 is 0. The van der Waals surface area contributed by atoms with Crippen molar-refractivity contribution < 1.29 is 4.52 Å². The largest absolute Gasteiger partial charge is 0.338 e. The zero-order valence-corrected chi connectivity index (χ0v) is 13.7. The maximum atomic E-state index is 5.48. The summed E-state index contributed by atoms with van der Waals surface area (Å²) in [6, 6.07) is 8.51. The predicted octanol–water partition coefficient (Wildman–Crippen LogP) is 2.30. The first-order chi connectivity index (χ1) is 11.8. The van der Waals surface area contributed by atoms with Crippen LogP contribution in [0.25, 0.3) is 11.4 Å². The fraction of sp³-hybridized carbons (Fsp3) is 0.412. The van der Waals surface area contributed by atoms with Crippen LogP contribution in [-0.4, -0.2) is 42.4 Å². The summed E-state index contributed by atoms with van der Waals surface area (Å²) in [5.41, 5.74) is 2.17. The predicted molar refractivity (Wildman–Crippen MR) is 87.9 cm³/mol. The Morgan fingerprint density at radius 2 is 2.21 bits per heavy atom. The van der Waals surface area contributed by atoms with Gasteiger partial charge in [0.15, 0.2) is 0 Å². The summed E-state index contributed by atoms with van der Waals surface area (Å²) in [5, 5.41) is 8.35. The quantitative estimate of drug-likeness (QED) is 0.717. The van der Waals surface area contributed by atoms with Gasteiger partial charge < -0.3 is 4.52 Å². The lowest BCUT2D eigenvalue weighted by atomic mass is 10.1. The number of nitrogens with zero attached hydrogens (tertiary/aromatic N) is 6. The second kappa shape index (κ2) is 6.52. The first-order valence-electron chi connectivity index (χ1n) is 8.24. The third-order valence-electron chi connectivity index (χ3n) is 4.56. The molecular formula is C17H20N6O. The van der Waals surface area contributed by atoms with Crippen LogP contribution in [0, 0.1) is 6.92 Å². The minimum Gasteiger partial charge on any atom is -0.338 e. The SMILES string of the molecule is Cc1ccccc1-c1noc(CN2CCC[C@@H]2Cn2cncn2)n1. The monoisotopic (exact) mass is 324 g/mol. The van der Waals surface area contributed by atoms with Gasteiger partial charge >= 0.3 is 0 Å². The molecule has 7 heteroatoms. The molecule has 1 fully saturated rings. The van der Waals surface area contributed by atoms with Gasteiger partial charge in [0.2, 0.25) is 11.7 Å². The van der Waals surface area contributed by atoms with E-state index in [1.807, 2.05) is 22.9 Å². The third kappa shape index (κ3) is 3.07. The molecule has 4 rings (SSSR count). The van der Waals surface area contributed by atoms with Crippen LogP contribution in [0.3, 0.4) is 0 Å². The number of aryl methyl sites for hydroxylation is 1. The van der Waals surface area contributed by atoms with E-state index >= 15 is 0 Å². The van der Waals surface area contributed by atoms with Crippen LogP contribution in [0.2, 0.25) is 0 Å². The van der Waals surface area contributed by atoms with E-state index in [1.165, 1.54) is 6.42 Å². The van der Waals surface area contributed by atoms with E-state index in [0.29, 0.717) is 24.3 Å². The molecule has 3 heterocycles. The summed E-state index contributed by atoms with van der Waals surface area (Å²) in [6.45, 7) is 4.62. The van der Waals surface area contributed by atoms with Crippen molar-refractivity contribution in [3.05, 3.63) is 48.4 Å². The number of benzene rings is 1. The molecule has 124 valence electrons. The first-order valence-corrected chi connectivity index (χ1v) is 8.24. The van der Waals surface area contributed by atoms with Crippen LogP contribution in [0.15, 0.2) is 41.4 Å². The van der Waals surface area contributed by atoms with E-state index in [9.17, 15) is 0 Å². The van der Waals surface area contributed by atoms with Crippen molar-refractivity contribution >= 4 is 0 Å². The molecule has 3 aromatic rings. The highest BCUT2D eigenvalue weighted by atomic mass is 16.5. The Morgan fingerprint density at radius 1 is 1.29 bits per heavy atom. The van der Waals surface area contributed by atoms with Gasteiger partial charge in [0.25, 0.3) is 0 Å². The molecule has 0 aliphatic carbocycles. The van der Waals surface area contributed by atoms with Gasteiger partial charge in [-0.3, -0.25) is 9.58 Å². The van der Waals surface area contributed by atoms with Gasteiger partial charge in [-0.2, -0.15) is 10.1 Å². The van der Waals surface area contributed by atoms with E-state index in [1.54, 1.807) is 12.7 Å². The van der Waals surface area contributed by atoms with Crippen molar-refractivity contribution in [1.82, 2.24) is 29.8 Å². The molecule has 0 unspecified atom stereocenters. The molecular weight excluding hydrogens is 304 g/mol. The molecule has 0 bridgehead atoms. The fourth-order valence-corrected chi connectivity index (χ4v) is 3.28. The molecule has 24 heavy (non-hydrogen) atoms. The molecule has 0 spiro atoms. The summed E-state index contributed by atoms with van der Waals surface area (Å²) < 4.78 is 7.37. The summed E-state index contributed by atoms with van der Waals surface area (Å²) in [4.78, 5) is 11.0. The van der Waals surface area contributed by atoms with Crippen LogP contribution in [-0.2, 0) is 13.1 Å². The molecule has 1 aromatic carbocycles. The van der Waals surface area contributed by atoms with Gasteiger partial charge in [-0.25, -0.2) is 4.98 Å². The normalized spacial score (nSPS) is 18.3. The van der Waals surface area contributed by atoms with Crippen molar-refractivity contribution in [2.24, 2.45) is 0 Å². The van der Waals surface area contributed by atoms with Crippen LogP contribution in [0.5, 0.6) is 0 Å². The smallest absolute Gasteiger partial charge is 0.241 e. The molecule has 0 N–H and O–H groups in total. The number of likely N-dealkylation sites (tertiary alicyclic amines) is 1. The van der Waals surface area contributed by atoms with Gasteiger partial charge in [0.1, 0.15) is 12.7 Å². The second-order valence-electron chi connectivity index (χ2n) is 6.21. The average Bonchev–Trinajstić information content (AvgIpc) is 3.32. The Kier molecular flexibility index (Phi) is 4.08. The first kappa shape index (κ1) is 15.0. The lowest BCUT2D eigenvalue weighted by Gasteiger charge is -2.22. The van der Waals surface area contributed by atoms with E-state index < -0.39 is 0 Å². The van der Waals surface area contributed by atoms with Crippen LogP contribution in [0.4, 0.5) is 0 Å². The van der Waals surface area contributed by atoms with E-state index in [2.05, 4.69) is 38.1 Å². The molecule has 0 radical (unpaired) electrons. The highest BCUT2D eigenvalue weighted by Gasteiger charge is 2.27. The molecule has 1 saturated heterocycles.